The van der Waals surface area contributed by atoms with Crippen LogP contribution in [0.25, 0.3) is 11.1 Å². The summed E-state index contributed by atoms with van der Waals surface area (Å²) >= 11 is 0. The average Bonchev–Trinajstić information content (AvgIpc) is 2.63. The van der Waals surface area contributed by atoms with Crippen molar-refractivity contribution in [2.75, 3.05) is 4.90 Å². The van der Waals surface area contributed by atoms with Crippen LogP contribution in [0.4, 0.5) is 5.69 Å². The number of nitrogens with zero attached hydrogens (tertiary/aromatic N) is 4. The standard InChI is InChI=1S/C19H22N6/c20-17-23-18(21)25(19(24-17)9-2-1-3-10-19)16-6-4-5-15(13-16)14-7-11-22-12-8-14/h4-8,11-13H,1-3,9-10H2,(H4,20,21,23,24). The van der Waals surface area contributed by atoms with Gasteiger partial charge in [0.2, 0.25) is 11.9 Å². The Labute approximate surface area is 147 Å². The van der Waals surface area contributed by atoms with Gasteiger partial charge in [-0.3, -0.25) is 9.88 Å². The van der Waals surface area contributed by atoms with Crippen molar-refractivity contribution in [3.8, 4) is 11.1 Å². The molecule has 2 aliphatic rings. The molecule has 1 aliphatic heterocycles. The summed E-state index contributed by atoms with van der Waals surface area (Å²) in [6.07, 6.45) is 8.92. The second-order valence-corrected chi connectivity index (χ2v) is 6.60. The first-order valence-corrected chi connectivity index (χ1v) is 8.68. The Morgan fingerprint density at radius 2 is 1.68 bits per heavy atom. The van der Waals surface area contributed by atoms with Crippen molar-refractivity contribution in [1.29, 1.82) is 0 Å². The third-order valence-corrected chi connectivity index (χ3v) is 4.97. The van der Waals surface area contributed by atoms with Crippen molar-refractivity contribution >= 4 is 17.6 Å². The van der Waals surface area contributed by atoms with E-state index in [0.29, 0.717) is 5.96 Å². The van der Waals surface area contributed by atoms with E-state index in [1.54, 1.807) is 12.4 Å². The van der Waals surface area contributed by atoms with Crippen LogP contribution < -0.4 is 16.4 Å². The van der Waals surface area contributed by atoms with Gasteiger partial charge in [0.05, 0.1) is 0 Å². The van der Waals surface area contributed by atoms with Crippen LogP contribution in [0, 0.1) is 0 Å². The van der Waals surface area contributed by atoms with Crippen molar-refractivity contribution < 1.29 is 0 Å². The van der Waals surface area contributed by atoms with Gasteiger partial charge in [-0.15, -0.1) is 0 Å². The molecule has 1 saturated carbocycles. The number of pyridine rings is 1. The summed E-state index contributed by atoms with van der Waals surface area (Å²) in [7, 11) is 0. The van der Waals surface area contributed by atoms with E-state index in [2.05, 4.69) is 33.1 Å². The number of anilines is 1. The fraction of sp³-hybridized carbons (Fsp3) is 0.316. The highest BCUT2D eigenvalue weighted by atomic mass is 15.4. The van der Waals surface area contributed by atoms with Gasteiger partial charge in [0, 0.05) is 18.1 Å². The molecule has 2 heterocycles. The van der Waals surface area contributed by atoms with E-state index >= 15 is 0 Å². The van der Waals surface area contributed by atoms with Gasteiger partial charge < -0.3 is 11.5 Å². The molecule has 25 heavy (non-hydrogen) atoms. The average molecular weight is 334 g/mol. The Balaban J connectivity index is 1.78. The van der Waals surface area contributed by atoms with E-state index in [-0.39, 0.29) is 5.96 Å². The third-order valence-electron chi connectivity index (χ3n) is 4.97. The molecule has 2 aromatic rings. The second-order valence-electron chi connectivity index (χ2n) is 6.60. The van der Waals surface area contributed by atoms with E-state index in [4.69, 9.17) is 16.5 Å². The number of nitrogens with two attached hydrogens (primary N) is 2. The highest BCUT2D eigenvalue weighted by Crippen LogP contribution is 2.40. The molecule has 0 atom stereocenters. The number of aromatic nitrogens is 1. The SMILES string of the molecule is NC1=NC2(CCCCC2)N(c2cccc(-c3ccncc3)c2)C(N)=N1. The van der Waals surface area contributed by atoms with Crippen LogP contribution in [0.5, 0.6) is 0 Å². The zero-order valence-corrected chi connectivity index (χ0v) is 14.1. The van der Waals surface area contributed by atoms with E-state index in [0.717, 1.165) is 42.5 Å². The lowest BCUT2D eigenvalue weighted by atomic mass is 9.87. The van der Waals surface area contributed by atoms with Gasteiger partial charge in [-0.05, 0) is 61.1 Å². The zero-order chi connectivity index (χ0) is 17.3. The molecule has 0 unspecified atom stereocenters. The van der Waals surface area contributed by atoms with Gasteiger partial charge in [-0.25, -0.2) is 4.99 Å². The number of hydrogen-bond acceptors (Lipinski definition) is 6. The molecule has 1 aromatic carbocycles. The number of guanidine groups is 2. The van der Waals surface area contributed by atoms with Gasteiger partial charge in [-0.2, -0.15) is 4.99 Å². The Bertz CT molecular complexity index is 821. The Morgan fingerprint density at radius 3 is 2.44 bits per heavy atom. The molecule has 0 amide bonds. The fourth-order valence-electron chi connectivity index (χ4n) is 3.86. The maximum absolute atomic E-state index is 6.30. The molecule has 128 valence electrons. The summed E-state index contributed by atoms with van der Waals surface area (Å²) in [4.78, 5) is 15.1. The normalized spacial score (nSPS) is 19.4. The molecule has 0 bridgehead atoms. The Hall–Kier alpha value is -2.89. The van der Waals surface area contributed by atoms with Crippen molar-refractivity contribution in [3.05, 3.63) is 48.8 Å². The first-order valence-electron chi connectivity index (χ1n) is 8.68. The summed E-state index contributed by atoms with van der Waals surface area (Å²) in [5.74, 6) is 0.696. The summed E-state index contributed by atoms with van der Waals surface area (Å²) < 4.78 is 0. The summed E-state index contributed by atoms with van der Waals surface area (Å²) in [5, 5.41) is 0. The maximum atomic E-state index is 6.30. The van der Waals surface area contributed by atoms with Crippen LogP contribution in [-0.2, 0) is 0 Å². The monoisotopic (exact) mass is 334 g/mol. The van der Waals surface area contributed by atoms with Crippen LogP contribution >= 0.6 is 0 Å². The summed E-state index contributed by atoms with van der Waals surface area (Å²) in [5.41, 5.74) is 15.1. The molecule has 0 radical (unpaired) electrons. The molecule has 1 fully saturated rings. The van der Waals surface area contributed by atoms with E-state index in [1.807, 2.05) is 18.2 Å². The van der Waals surface area contributed by atoms with Crippen molar-refractivity contribution in [2.24, 2.45) is 21.5 Å². The van der Waals surface area contributed by atoms with Crippen LogP contribution in [0.15, 0.2) is 58.8 Å². The smallest absolute Gasteiger partial charge is 0.220 e. The number of hydrogen-bond donors (Lipinski definition) is 2. The lowest BCUT2D eigenvalue weighted by Crippen LogP contribution is -2.58. The minimum atomic E-state index is -0.412. The molecular formula is C19H22N6. The first-order chi connectivity index (χ1) is 12.2. The van der Waals surface area contributed by atoms with Crippen molar-refractivity contribution in [3.63, 3.8) is 0 Å². The van der Waals surface area contributed by atoms with Gasteiger partial charge >= 0.3 is 0 Å². The minimum Gasteiger partial charge on any atom is -0.369 e. The van der Waals surface area contributed by atoms with Gasteiger partial charge in [0.25, 0.3) is 0 Å². The van der Waals surface area contributed by atoms with Gasteiger partial charge in [0.1, 0.15) is 5.66 Å². The predicted octanol–water partition coefficient (Wildman–Crippen LogP) is 2.86. The molecule has 6 heteroatoms. The van der Waals surface area contributed by atoms with Gasteiger partial charge in [0.15, 0.2) is 0 Å². The minimum absolute atomic E-state index is 0.279. The number of benzene rings is 1. The Kier molecular flexibility index (Phi) is 3.87. The van der Waals surface area contributed by atoms with Crippen LogP contribution in [0.3, 0.4) is 0 Å². The topological polar surface area (TPSA) is 92.9 Å². The van der Waals surface area contributed by atoms with E-state index in [1.165, 1.54) is 6.42 Å². The molecule has 1 aromatic heterocycles. The molecule has 1 spiro atoms. The largest absolute Gasteiger partial charge is 0.369 e. The van der Waals surface area contributed by atoms with E-state index in [9.17, 15) is 0 Å². The number of rotatable bonds is 2. The van der Waals surface area contributed by atoms with Gasteiger partial charge in [-0.1, -0.05) is 18.6 Å². The van der Waals surface area contributed by atoms with Crippen molar-refractivity contribution in [1.82, 2.24) is 4.98 Å². The van der Waals surface area contributed by atoms with E-state index < -0.39 is 5.66 Å². The zero-order valence-electron chi connectivity index (χ0n) is 14.1. The highest BCUT2D eigenvalue weighted by molar-refractivity contribution is 6.05. The predicted molar refractivity (Wildman–Crippen MR) is 101 cm³/mol. The third kappa shape index (κ3) is 2.84. The second kappa shape index (κ2) is 6.20. The quantitative estimate of drug-likeness (QED) is 0.883. The van der Waals surface area contributed by atoms with Crippen LogP contribution in [-0.4, -0.2) is 22.6 Å². The molecule has 1 aliphatic carbocycles. The molecular weight excluding hydrogens is 312 g/mol. The summed E-state index contributed by atoms with van der Waals surface area (Å²) in [6.45, 7) is 0. The highest BCUT2D eigenvalue weighted by Gasteiger charge is 2.42. The lowest BCUT2D eigenvalue weighted by Gasteiger charge is -2.45. The lowest BCUT2D eigenvalue weighted by molar-refractivity contribution is 0.305. The molecule has 6 nitrogen and oxygen atoms in total. The molecule has 4 rings (SSSR count). The summed E-state index contributed by atoms with van der Waals surface area (Å²) in [6, 6.07) is 12.3. The first kappa shape index (κ1) is 15.6. The Morgan fingerprint density at radius 1 is 0.920 bits per heavy atom. The van der Waals surface area contributed by atoms with Crippen LogP contribution in [0.1, 0.15) is 32.1 Å². The van der Waals surface area contributed by atoms with Crippen LogP contribution in [0.2, 0.25) is 0 Å². The van der Waals surface area contributed by atoms with Crippen molar-refractivity contribution in [2.45, 2.75) is 37.8 Å². The molecule has 4 N–H and O–H groups in total. The fourth-order valence-corrected chi connectivity index (χ4v) is 3.86. The molecule has 0 saturated heterocycles. The maximum Gasteiger partial charge on any atom is 0.220 e. The number of aliphatic imine (C=N–C) groups is 2.